The van der Waals surface area contributed by atoms with Crippen LogP contribution in [0.4, 0.5) is 30.7 Å². The van der Waals surface area contributed by atoms with Crippen molar-refractivity contribution in [3.63, 3.8) is 0 Å². The highest BCUT2D eigenvalue weighted by molar-refractivity contribution is 5.51. The summed E-state index contributed by atoms with van der Waals surface area (Å²) in [7, 11) is 0. The summed E-state index contributed by atoms with van der Waals surface area (Å²) in [6, 6.07) is 1.78. The van der Waals surface area contributed by atoms with Crippen molar-refractivity contribution >= 4 is 6.08 Å². The zero-order chi connectivity index (χ0) is 18.1. The Hall–Kier alpha value is -2.51. The molecule has 0 aliphatic heterocycles. The molecule has 0 aromatic heterocycles. The van der Waals surface area contributed by atoms with E-state index in [2.05, 4.69) is 4.74 Å². The van der Waals surface area contributed by atoms with Crippen LogP contribution in [0.25, 0.3) is 6.08 Å². The van der Waals surface area contributed by atoms with Gasteiger partial charge >= 0.3 is 6.11 Å². The minimum absolute atomic E-state index is 0.161. The Bertz CT molecular complexity index is 776. The average molecular weight is 350 g/mol. The van der Waals surface area contributed by atoms with E-state index < -0.39 is 46.5 Å². The number of ether oxygens (including phenoxy) is 1. The molecular weight excluding hydrogens is 341 g/mol. The van der Waals surface area contributed by atoms with Crippen molar-refractivity contribution < 1.29 is 35.5 Å². The fraction of sp³-hybridized carbons (Fsp3) is 0.125. The Morgan fingerprint density at radius 2 is 1.46 bits per heavy atom. The van der Waals surface area contributed by atoms with Crippen LogP contribution in [0.2, 0.25) is 0 Å². The molecule has 0 saturated carbocycles. The molecular formula is C16H9F7O. The maximum atomic E-state index is 14.0. The summed E-state index contributed by atoms with van der Waals surface area (Å²) < 4.78 is 98.4. The molecule has 2 rings (SSSR count). The zero-order valence-corrected chi connectivity index (χ0v) is 12.0. The molecule has 0 N–H and O–H groups in total. The van der Waals surface area contributed by atoms with Crippen LogP contribution in [0.5, 0.6) is 5.75 Å². The Kier molecular flexibility index (Phi) is 4.86. The molecule has 0 aliphatic carbocycles. The molecule has 0 unspecified atom stereocenters. The first-order chi connectivity index (χ1) is 11.2. The summed E-state index contributed by atoms with van der Waals surface area (Å²) in [5.41, 5.74) is -1.74. The highest BCUT2D eigenvalue weighted by atomic mass is 19.3. The Morgan fingerprint density at radius 1 is 0.875 bits per heavy atom. The van der Waals surface area contributed by atoms with Crippen molar-refractivity contribution in [2.45, 2.75) is 13.0 Å². The Balaban J connectivity index is 2.42. The van der Waals surface area contributed by atoms with E-state index in [1.54, 1.807) is 0 Å². The molecule has 1 nitrogen and oxygen atoms in total. The molecule has 0 radical (unpaired) electrons. The summed E-state index contributed by atoms with van der Waals surface area (Å²) in [5, 5.41) is 0. The second kappa shape index (κ2) is 6.54. The van der Waals surface area contributed by atoms with Crippen molar-refractivity contribution in [3.05, 3.63) is 70.6 Å². The molecule has 8 heteroatoms. The van der Waals surface area contributed by atoms with E-state index in [9.17, 15) is 30.7 Å². The van der Waals surface area contributed by atoms with Crippen LogP contribution in [-0.4, -0.2) is 0 Å². The van der Waals surface area contributed by atoms with Crippen LogP contribution in [0.1, 0.15) is 18.1 Å². The van der Waals surface area contributed by atoms with Gasteiger partial charge in [0.25, 0.3) is 0 Å². The normalized spacial score (nSPS) is 12.0. The van der Waals surface area contributed by atoms with Crippen molar-refractivity contribution in [2.24, 2.45) is 0 Å². The monoisotopic (exact) mass is 350 g/mol. The molecule has 0 atom stereocenters. The summed E-state index contributed by atoms with van der Waals surface area (Å²) in [5.74, 6) is -9.91. The van der Waals surface area contributed by atoms with Gasteiger partial charge in [0.05, 0.1) is 0 Å². The molecule has 24 heavy (non-hydrogen) atoms. The van der Waals surface area contributed by atoms with Gasteiger partial charge in [0.1, 0.15) is 11.3 Å². The van der Waals surface area contributed by atoms with E-state index in [4.69, 9.17) is 0 Å². The van der Waals surface area contributed by atoms with E-state index in [1.165, 1.54) is 13.0 Å². The van der Waals surface area contributed by atoms with Crippen molar-refractivity contribution in [3.8, 4) is 5.75 Å². The van der Waals surface area contributed by atoms with Gasteiger partial charge in [0, 0.05) is 17.7 Å². The maximum absolute atomic E-state index is 14.0. The third-order valence-electron chi connectivity index (χ3n) is 2.98. The molecule has 0 fully saturated rings. The van der Waals surface area contributed by atoms with E-state index >= 15 is 0 Å². The number of alkyl halides is 2. The van der Waals surface area contributed by atoms with E-state index in [1.807, 2.05) is 0 Å². The smallest absolute Gasteiger partial charge is 0.429 e. The molecule has 0 spiro atoms. The van der Waals surface area contributed by atoms with Gasteiger partial charge in [0.2, 0.25) is 0 Å². The summed E-state index contributed by atoms with van der Waals surface area (Å²) in [4.78, 5) is 0. The first-order valence-electron chi connectivity index (χ1n) is 6.50. The minimum atomic E-state index is -4.45. The zero-order valence-electron chi connectivity index (χ0n) is 12.0. The molecule has 128 valence electrons. The largest absolute Gasteiger partial charge is 0.429 e. The molecule has 0 bridgehead atoms. The van der Waals surface area contributed by atoms with Gasteiger partial charge in [-0.3, -0.25) is 0 Å². The number of allylic oxidation sites excluding steroid dienone is 1. The van der Waals surface area contributed by atoms with Crippen LogP contribution in [0.15, 0.2) is 30.3 Å². The quantitative estimate of drug-likeness (QED) is 0.519. The molecule has 0 aliphatic rings. The maximum Gasteiger partial charge on any atom is 0.429 e. The molecule has 0 saturated heterocycles. The first kappa shape index (κ1) is 17.8. The Morgan fingerprint density at radius 3 is 2.00 bits per heavy atom. The highest BCUT2D eigenvalue weighted by Crippen LogP contribution is 2.35. The number of halogens is 7. The second-order valence-electron chi connectivity index (χ2n) is 4.65. The molecule has 0 heterocycles. The number of benzene rings is 2. The SMILES string of the molecule is CC=Cc1ccc(C(F)(F)Oc2cc(F)c(F)c(F)c2)c(F)c1F. The lowest BCUT2D eigenvalue weighted by atomic mass is 10.1. The van der Waals surface area contributed by atoms with Gasteiger partial charge in [-0.1, -0.05) is 18.2 Å². The van der Waals surface area contributed by atoms with Crippen LogP contribution in [0, 0.1) is 29.1 Å². The van der Waals surface area contributed by atoms with Gasteiger partial charge in [-0.25, -0.2) is 22.0 Å². The highest BCUT2D eigenvalue weighted by Gasteiger charge is 2.39. The summed E-state index contributed by atoms with van der Waals surface area (Å²) >= 11 is 0. The van der Waals surface area contributed by atoms with Gasteiger partial charge < -0.3 is 4.74 Å². The van der Waals surface area contributed by atoms with Gasteiger partial charge in [-0.05, 0) is 13.0 Å². The third kappa shape index (κ3) is 3.37. The average Bonchev–Trinajstić information content (AvgIpc) is 2.49. The van der Waals surface area contributed by atoms with Crippen LogP contribution in [-0.2, 0) is 6.11 Å². The van der Waals surface area contributed by atoms with Gasteiger partial charge in [-0.15, -0.1) is 0 Å². The van der Waals surface area contributed by atoms with Crippen LogP contribution < -0.4 is 4.74 Å². The predicted molar refractivity (Wildman–Crippen MR) is 71.9 cm³/mol. The fourth-order valence-electron chi connectivity index (χ4n) is 1.89. The second-order valence-corrected chi connectivity index (χ2v) is 4.65. The number of rotatable bonds is 4. The van der Waals surface area contributed by atoms with Crippen LogP contribution >= 0.6 is 0 Å². The van der Waals surface area contributed by atoms with E-state index in [-0.39, 0.29) is 17.7 Å². The lowest BCUT2D eigenvalue weighted by Crippen LogP contribution is -2.24. The molecule has 0 amide bonds. The first-order valence-corrected chi connectivity index (χ1v) is 6.50. The number of hydrogen-bond donors (Lipinski definition) is 0. The lowest BCUT2D eigenvalue weighted by Gasteiger charge is -2.19. The van der Waals surface area contributed by atoms with Gasteiger partial charge in [0.15, 0.2) is 29.1 Å². The van der Waals surface area contributed by atoms with Gasteiger partial charge in [-0.2, -0.15) is 8.78 Å². The topological polar surface area (TPSA) is 9.23 Å². The Labute approximate surface area is 132 Å². The van der Waals surface area contributed by atoms with E-state index in [0.717, 1.165) is 12.1 Å². The summed E-state index contributed by atoms with van der Waals surface area (Å²) in [6.45, 7) is 1.51. The lowest BCUT2D eigenvalue weighted by molar-refractivity contribution is -0.188. The van der Waals surface area contributed by atoms with Crippen molar-refractivity contribution in [1.29, 1.82) is 0 Å². The van der Waals surface area contributed by atoms with Crippen LogP contribution in [0.3, 0.4) is 0 Å². The predicted octanol–water partition coefficient (Wildman–Crippen LogP) is 5.54. The van der Waals surface area contributed by atoms with Crippen molar-refractivity contribution in [1.82, 2.24) is 0 Å². The van der Waals surface area contributed by atoms with E-state index in [0.29, 0.717) is 6.07 Å². The third-order valence-corrected chi connectivity index (χ3v) is 2.98. The number of hydrogen-bond acceptors (Lipinski definition) is 1. The van der Waals surface area contributed by atoms with Crippen molar-refractivity contribution in [2.75, 3.05) is 0 Å². The minimum Gasteiger partial charge on any atom is -0.429 e. The molecule has 2 aromatic rings. The summed E-state index contributed by atoms with van der Waals surface area (Å²) in [6.07, 6.45) is -1.92. The fourth-order valence-corrected chi connectivity index (χ4v) is 1.89. The molecule has 2 aromatic carbocycles. The standard InChI is InChI=1S/C16H9F7O/c1-2-3-8-4-5-10(14(20)13(8)19)16(22,23)24-9-6-11(17)15(21)12(18)7-9/h2-7H,1H3.